The first-order valence-corrected chi connectivity index (χ1v) is 16.2. The van der Waals surface area contributed by atoms with E-state index >= 15 is 0 Å². The quantitative estimate of drug-likeness (QED) is 0.169. The number of fused-ring (bicyclic) bond motifs is 5. The molecule has 0 N–H and O–H groups in total. The predicted octanol–water partition coefficient (Wildman–Crippen LogP) is 13.1. The van der Waals surface area contributed by atoms with Gasteiger partial charge in [-0.1, -0.05) is 168 Å². The summed E-state index contributed by atoms with van der Waals surface area (Å²) in [5.41, 5.74) is 15.2. The Kier molecular flexibility index (Phi) is 6.07. The van der Waals surface area contributed by atoms with E-state index in [1.165, 1.54) is 88.3 Å². The Morgan fingerprint density at radius 2 is 0.733 bits per heavy atom. The number of hydrogen-bond acceptors (Lipinski definition) is 0. The van der Waals surface area contributed by atoms with Crippen molar-refractivity contribution in [1.29, 1.82) is 0 Å². The van der Waals surface area contributed by atoms with Crippen molar-refractivity contribution < 1.29 is 0 Å². The third-order valence-corrected chi connectivity index (χ3v) is 9.98. The third kappa shape index (κ3) is 4.05. The minimum atomic E-state index is 1.11. The van der Waals surface area contributed by atoms with Crippen molar-refractivity contribution in [3.05, 3.63) is 168 Å². The fourth-order valence-electron chi connectivity index (χ4n) is 7.37. The Hall–Kier alpha value is -5.24. The first-order chi connectivity index (χ1) is 22.3. The Bertz CT molecular complexity index is 2390. The summed E-state index contributed by atoms with van der Waals surface area (Å²) >= 11 is 3.98. The molecule has 1 heteroatoms. The maximum absolute atomic E-state index is 3.98. The van der Waals surface area contributed by atoms with E-state index in [1.54, 1.807) is 0 Å². The standard InChI is InChI=1S/C44H27Br/c45-39-26-25-34(30-17-9-3-10-18-30)41-38(39)27-37-32(28-13-5-1-6-14-28)21-23-35-42-36(44(41)43(35)37)24-22-33(29-15-7-2-8-16-29)40(42)31-19-11-4-12-20-31/h1-27H. The summed E-state index contributed by atoms with van der Waals surface area (Å²) < 4.78 is 1.11. The van der Waals surface area contributed by atoms with Gasteiger partial charge in [0.05, 0.1) is 0 Å². The lowest BCUT2D eigenvalue weighted by molar-refractivity contribution is 1.58. The van der Waals surface area contributed by atoms with Gasteiger partial charge >= 0.3 is 0 Å². The molecule has 0 saturated carbocycles. The molecule has 0 nitrogen and oxygen atoms in total. The second-order valence-electron chi connectivity index (χ2n) is 11.7. The smallest absolute Gasteiger partial charge is 0.0254 e. The molecule has 0 spiro atoms. The topological polar surface area (TPSA) is 0 Å². The molecule has 1 aliphatic rings. The molecule has 0 radical (unpaired) electrons. The molecule has 0 aromatic heterocycles. The highest BCUT2D eigenvalue weighted by molar-refractivity contribution is 9.10. The largest absolute Gasteiger partial charge is 0.0622 e. The minimum absolute atomic E-state index is 1.11. The SMILES string of the molecule is Brc1ccc(-c2ccccc2)c2c3c4c(ccc(-c5ccccc5)c4cc12)-c1c-3ccc(-c2ccccc2)c1-c1ccccc1. The zero-order valence-electron chi connectivity index (χ0n) is 24.5. The van der Waals surface area contributed by atoms with Crippen molar-refractivity contribution in [3.8, 4) is 66.8 Å². The van der Waals surface area contributed by atoms with E-state index in [4.69, 9.17) is 0 Å². The second-order valence-corrected chi connectivity index (χ2v) is 12.6. The van der Waals surface area contributed by atoms with Gasteiger partial charge in [-0.25, -0.2) is 0 Å². The van der Waals surface area contributed by atoms with E-state index in [0.29, 0.717) is 0 Å². The highest BCUT2D eigenvalue weighted by Gasteiger charge is 2.31. The molecule has 0 atom stereocenters. The number of benzene rings is 8. The molecule has 0 bridgehead atoms. The van der Waals surface area contributed by atoms with Gasteiger partial charge in [0, 0.05) is 4.47 Å². The molecule has 9 rings (SSSR count). The normalized spacial score (nSPS) is 11.7. The average molecular weight is 636 g/mol. The molecule has 8 aromatic rings. The first kappa shape index (κ1) is 26.2. The molecule has 210 valence electrons. The summed E-state index contributed by atoms with van der Waals surface area (Å²) in [6, 6.07) is 59.7. The van der Waals surface area contributed by atoms with Crippen LogP contribution in [0.15, 0.2) is 168 Å². The molecule has 45 heavy (non-hydrogen) atoms. The van der Waals surface area contributed by atoms with E-state index in [1.807, 2.05) is 0 Å². The van der Waals surface area contributed by atoms with Crippen LogP contribution in [0.4, 0.5) is 0 Å². The molecule has 0 saturated heterocycles. The van der Waals surface area contributed by atoms with Gasteiger partial charge < -0.3 is 0 Å². The summed E-state index contributed by atoms with van der Waals surface area (Å²) in [6.45, 7) is 0. The van der Waals surface area contributed by atoms with Crippen LogP contribution in [0.25, 0.3) is 88.3 Å². The van der Waals surface area contributed by atoms with Crippen LogP contribution in [0.1, 0.15) is 0 Å². The van der Waals surface area contributed by atoms with Gasteiger partial charge in [-0.15, -0.1) is 0 Å². The summed E-state index contributed by atoms with van der Waals surface area (Å²) in [4.78, 5) is 0. The molecule has 0 fully saturated rings. The molecule has 0 heterocycles. The van der Waals surface area contributed by atoms with Crippen LogP contribution in [0, 0.1) is 0 Å². The zero-order chi connectivity index (χ0) is 29.9. The van der Waals surface area contributed by atoms with Crippen molar-refractivity contribution in [2.75, 3.05) is 0 Å². The molecule has 0 unspecified atom stereocenters. The van der Waals surface area contributed by atoms with Gasteiger partial charge in [-0.2, -0.15) is 0 Å². The van der Waals surface area contributed by atoms with E-state index < -0.39 is 0 Å². The van der Waals surface area contributed by atoms with Crippen molar-refractivity contribution in [3.63, 3.8) is 0 Å². The molecule has 1 aliphatic carbocycles. The van der Waals surface area contributed by atoms with Gasteiger partial charge in [-0.05, 0) is 100 Å². The summed E-state index contributed by atoms with van der Waals surface area (Å²) in [5.74, 6) is 0. The molecule has 0 aliphatic heterocycles. The fourth-order valence-corrected chi connectivity index (χ4v) is 7.82. The zero-order valence-corrected chi connectivity index (χ0v) is 26.1. The van der Waals surface area contributed by atoms with E-state index in [9.17, 15) is 0 Å². The second kappa shape index (κ2) is 10.4. The lowest BCUT2D eigenvalue weighted by Gasteiger charge is -2.18. The molecular formula is C44H27Br. The van der Waals surface area contributed by atoms with Crippen LogP contribution in [-0.4, -0.2) is 0 Å². The third-order valence-electron chi connectivity index (χ3n) is 9.29. The Labute approximate surface area is 271 Å². The van der Waals surface area contributed by atoms with Crippen molar-refractivity contribution in [1.82, 2.24) is 0 Å². The average Bonchev–Trinajstić information content (AvgIpc) is 3.45. The summed E-state index contributed by atoms with van der Waals surface area (Å²) in [7, 11) is 0. The lowest BCUT2D eigenvalue weighted by atomic mass is 9.86. The Morgan fingerprint density at radius 3 is 1.36 bits per heavy atom. The van der Waals surface area contributed by atoms with Gasteiger partial charge in [0.15, 0.2) is 0 Å². The molecule has 8 aromatic carbocycles. The minimum Gasteiger partial charge on any atom is -0.0622 e. The van der Waals surface area contributed by atoms with E-state index in [0.717, 1.165) is 4.47 Å². The van der Waals surface area contributed by atoms with Crippen LogP contribution in [0.2, 0.25) is 0 Å². The molecule has 0 amide bonds. The van der Waals surface area contributed by atoms with Gasteiger partial charge in [0.1, 0.15) is 0 Å². The number of hydrogen-bond donors (Lipinski definition) is 0. The lowest BCUT2D eigenvalue weighted by Crippen LogP contribution is -1.91. The number of halogens is 1. The highest BCUT2D eigenvalue weighted by Crippen LogP contribution is 2.58. The molecular weight excluding hydrogens is 608 g/mol. The van der Waals surface area contributed by atoms with Crippen LogP contribution in [0.3, 0.4) is 0 Å². The highest BCUT2D eigenvalue weighted by atomic mass is 79.9. The fraction of sp³-hybridized carbons (Fsp3) is 0. The maximum atomic E-state index is 3.98. The number of rotatable bonds is 4. The van der Waals surface area contributed by atoms with Crippen molar-refractivity contribution in [2.24, 2.45) is 0 Å². The predicted molar refractivity (Wildman–Crippen MR) is 195 cm³/mol. The van der Waals surface area contributed by atoms with Crippen molar-refractivity contribution >= 4 is 37.5 Å². The van der Waals surface area contributed by atoms with Crippen LogP contribution >= 0.6 is 15.9 Å². The van der Waals surface area contributed by atoms with Gasteiger partial charge in [-0.3, -0.25) is 0 Å². The van der Waals surface area contributed by atoms with E-state index in [-0.39, 0.29) is 0 Å². The van der Waals surface area contributed by atoms with Crippen LogP contribution in [-0.2, 0) is 0 Å². The van der Waals surface area contributed by atoms with Gasteiger partial charge in [0.2, 0.25) is 0 Å². The summed E-state index contributed by atoms with van der Waals surface area (Å²) in [5, 5.41) is 5.13. The Balaban J connectivity index is 1.49. The maximum Gasteiger partial charge on any atom is 0.0254 e. The van der Waals surface area contributed by atoms with Crippen LogP contribution in [0.5, 0.6) is 0 Å². The van der Waals surface area contributed by atoms with Gasteiger partial charge in [0.25, 0.3) is 0 Å². The van der Waals surface area contributed by atoms with E-state index in [2.05, 4.69) is 180 Å². The Morgan fingerprint density at radius 1 is 0.289 bits per heavy atom. The van der Waals surface area contributed by atoms with Crippen LogP contribution < -0.4 is 0 Å². The van der Waals surface area contributed by atoms with Crippen molar-refractivity contribution in [2.45, 2.75) is 0 Å². The monoisotopic (exact) mass is 634 g/mol. The summed E-state index contributed by atoms with van der Waals surface area (Å²) in [6.07, 6.45) is 0. The first-order valence-electron chi connectivity index (χ1n) is 15.4.